The Morgan fingerprint density at radius 3 is 2.79 bits per heavy atom. The van der Waals surface area contributed by atoms with Crippen LogP contribution < -0.4 is 5.73 Å². The number of hydrogen-bond donors (Lipinski definition) is 1. The van der Waals surface area contributed by atoms with Gasteiger partial charge in [-0.2, -0.15) is 0 Å². The van der Waals surface area contributed by atoms with E-state index in [1.807, 2.05) is 31.2 Å². The number of halogens is 1. The number of thiophene rings is 1. The zero-order chi connectivity index (χ0) is 14.0. The molecule has 100 valence electrons. The summed E-state index contributed by atoms with van der Waals surface area (Å²) in [5.74, 6) is -0.356. The Bertz CT molecular complexity index is 622. The predicted molar refractivity (Wildman–Crippen MR) is 82.6 cm³/mol. The van der Waals surface area contributed by atoms with E-state index in [0.717, 1.165) is 20.5 Å². The lowest BCUT2D eigenvalue weighted by Crippen LogP contribution is -2.04. The van der Waals surface area contributed by atoms with Gasteiger partial charge in [-0.3, -0.25) is 0 Å². The van der Waals surface area contributed by atoms with Crippen LogP contribution in [-0.4, -0.2) is 12.6 Å². The first-order chi connectivity index (χ1) is 9.02. The van der Waals surface area contributed by atoms with Gasteiger partial charge in [-0.15, -0.1) is 11.3 Å². The van der Waals surface area contributed by atoms with Crippen LogP contribution in [0.2, 0.25) is 0 Å². The van der Waals surface area contributed by atoms with Gasteiger partial charge in [0.05, 0.1) is 12.3 Å². The van der Waals surface area contributed by atoms with Crippen molar-refractivity contribution in [3.63, 3.8) is 0 Å². The van der Waals surface area contributed by atoms with Crippen molar-refractivity contribution in [3.8, 4) is 10.4 Å². The number of nitrogen functional groups attached to an aromatic ring is 1. The molecular weight excluding hydrogens is 326 g/mol. The quantitative estimate of drug-likeness (QED) is 0.850. The summed E-state index contributed by atoms with van der Waals surface area (Å²) in [6.45, 7) is 4.16. The highest BCUT2D eigenvalue weighted by Gasteiger charge is 2.17. The van der Waals surface area contributed by atoms with Crippen LogP contribution in [0.3, 0.4) is 0 Å². The van der Waals surface area contributed by atoms with Crippen molar-refractivity contribution in [2.75, 3.05) is 12.3 Å². The molecule has 1 heterocycles. The molecule has 0 saturated carbocycles. The number of hydrogen-bond acceptors (Lipinski definition) is 4. The van der Waals surface area contributed by atoms with Crippen LogP contribution in [0, 0.1) is 6.92 Å². The summed E-state index contributed by atoms with van der Waals surface area (Å²) in [7, 11) is 0. The number of ether oxygens (including phenoxy) is 1. The van der Waals surface area contributed by atoms with E-state index in [0.29, 0.717) is 17.2 Å². The molecule has 0 fully saturated rings. The Morgan fingerprint density at radius 2 is 2.16 bits per heavy atom. The lowest BCUT2D eigenvalue weighted by molar-refractivity contribution is 0.0533. The summed E-state index contributed by atoms with van der Waals surface area (Å²) in [6, 6.07) is 7.85. The van der Waals surface area contributed by atoms with Crippen molar-refractivity contribution in [1.29, 1.82) is 0 Å². The SMILES string of the molecule is CCOC(=O)c1sc(-c2ccc(Br)cc2C)cc1N. The Morgan fingerprint density at radius 1 is 1.42 bits per heavy atom. The largest absolute Gasteiger partial charge is 0.462 e. The fourth-order valence-electron chi connectivity index (χ4n) is 1.80. The van der Waals surface area contributed by atoms with Gasteiger partial charge in [0, 0.05) is 9.35 Å². The zero-order valence-corrected chi connectivity index (χ0v) is 13.1. The molecule has 0 spiro atoms. The Hall–Kier alpha value is -1.33. The van der Waals surface area contributed by atoms with Crippen LogP contribution in [-0.2, 0) is 4.74 Å². The molecule has 19 heavy (non-hydrogen) atoms. The minimum absolute atomic E-state index is 0.350. The molecule has 0 aliphatic heterocycles. The average Bonchev–Trinajstić information content (AvgIpc) is 2.71. The van der Waals surface area contributed by atoms with E-state index in [1.54, 1.807) is 6.92 Å². The summed E-state index contributed by atoms with van der Waals surface area (Å²) in [5.41, 5.74) is 8.57. The average molecular weight is 340 g/mol. The lowest BCUT2D eigenvalue weighted by Gasteiger charge is -2.03. The van der Waals surface area contributed by atoms with E-state index in [2.05, 4.69) is 15.9 Å². The second-order valence-corrected chi connectivity index (χ2v) is 6.04. The summed E-state index contributed by atoms with van der Waals surface area (Å²) < 4.78 is 6.02. The molecule has 2 rings (SSSR count). The van der Waals surface area contributed by atoms with Crippen LogP contribution in [0.4, 0.5) is 5.69 Å². The smallest absolute Gasteiger partial charge is 0.350 e. The summed E-state index contributed by atoms with van der Waals surface area (Å²) >= 11 is 4.80. The Labute approximate surface area is 124 Å². The maximum atomic E-state index is 11.7. The van der Waals surface area contributed by atoms with E-state index in [1.165, 1.54) is 11.3 Å². The number of nitrogens with two attached hydrogens (primary N) is 1. The third-order valence-electron chi connectivity index (χ3n) is 2.68. The number of carbonyl (C=O) groups excluding carboxylic acids is 1. The van der Waals surface area contributed by atoms with Gasteiger partial charge < -0.3 is 10.5 Å². The number of aryl methyl sites for hydroxylation is 1. The molecule has 1 aromatic carbocycles. The Kier molecular flexibility index (Phi) is 4.27. The van der Waals surface area contributed by atoms with E-state index in [-0.39, 0.29) is 5.97 Å². The zero-order valence-electron chi connectivity index (χ0n) is 10.7. The second-order valence-electron chi connectivity index (χ2n) is 4.07. The van der Waals surface area contributed by atoms with Gasteiger partial charge in [0.15, 0.2) is 0 Å². The number of benzene rings is 1. The van der Waals surface area contributed by atoms with Gasteiger partial charge in [-0.05, 0) is 43.2 Å². The van der Waals surface area contributed by atoms with Crippen molar-refractivity contribution < 1.29 is 9.53 Å². The normalized spacial score (nSPS) is 10.5. The first kappa shape index (κ1) is 14.1. The molecule has 0 aliphatic carbocycles. The minimum Gasteiger partial charge on any atom is -0.462 e. The van der Waals surface area contributed by atoms with Crippen LogP contribution >= 0.6 is 27.3 Å². The van der Waals surface area contributed by atoms with Gasteiger partial charge >= 0.3 is 5.97 Å². The lowest BCUT2D eigenvalue weighted by atomic mass is 10.1. The molecular formula is C14H14BrNO2S. The summed E-state index contributed by atoms with van der Waals surface area (Å²) in [4.78, 5) is 13.2. The highest BCUT2D eigenvalue weighted by Crippen LogP contribution is 2.36. The van der Waals surface area contributed by atoms with Crippen molar-refractivity contribution in [2.24, 2.45) is 0 Å². The van der Waals surface area contributed by atoms with Gasteiger partial charge in [0.25, 0.3) is 0 Å². The van der Waals surface area contributed by atoms with E-state index >= 15 is 0 Å². The topological polar surface area (TPSA) is 52.3 Å². The van der Waals surface area contributed by atoms with Gasteiger partial charge in [-0.1, -0.05) is 22.0 Å². The van der Waals surface area contributed by atoms with E-state index < -0.39 is 0 Å². The van der Waals surface area contributed by atoms with Gasteiger partial charge in [0.2, 0.25) is 0 Å². The molecule has 0 bridgehead atoms. The van der Waals surface area contributed by atoms with Crippen LogP contribution in [0.1, 0.15) is 22.2 Å². The van der Waals surface area contributed by atoms with E-state index in [9.17, 15) is 4.79 Å². The summed E-state index contributed by atoms with van der Waals surface area (Å²) in [5, 5.41) is 0. The minimum atomic E-state index is -0.356. The van der Waals surface area contributed by atoms with Crippen molar-refractivity contribution in [3.05, 3.63) is 39.2 Å². The standard InChI is InChI=1S/C14H14BrNO2S/c1-3-18-14(17)13-11(16)7-12(19-13)10-5-4-9(15)6-8(10)2/h4-7H,3,16H2,1-2H3. The molecule has 0 amide bonds. The number of carbonyl (C=O) groups is 1. The Balaban J connectivity index is 2.42. The van der Waals surface area contributed by atoms with Crippen LogP contribution in [0.5, 0.6) is 0 Å². The third-order valence-corrected chi connectivity index (χ3v) is 4.33. The fourth-order valence-corrected chi connectivity index (χ4v) is 3.34. The predicted octanol–water partition coefficient (Wildman–Crippen LogP) is 4.24. The van der Waals surface area contributed by atoms with E-state index in [4.69, 9.17) is 10.5 Å². The molecule has 0 aliphatic rings. The van der Waals surface area contributed by atoms with Crippen LogP contribution in [0.25, 0.3) is 10.4 Å². The maximum absolute atomic E-state index is 11.7. The molecule has 0 atom stereocenters. The molecule has 2 N–H and O–H groups in total. The van der Waals surface area contributed by atoms with Crippen molar-refractivity contribution >= 4 is 38.9 Å². The van der Waals surface area contributed by atoms with Crippen molar-refractivity contribution in [2.45, 2.75) is 13.8 Å². The first-order valence-corrected chi connectivity index (χ1v) is 7.46. The second kappa shape index (κ2) is 5.75. The highest BCUT2D eigenvalue weighted by atomic mass is 79.9. The number of anilines is 1. The molecule has 0 unspecified atom stereocenters. The first-order valence-electron chi connectivity index (χ1n) is 5.86. The summed E-state index contributed by atoms with van der Waals surface area (Å²) in [6.07, 6.45) is 0. The molecule has 3 nitrogen and oxygen atoms in total. The highest BCUT2D eigenvalue weighted by molar-refractivity contribution is 9.10. The monoisotopic (exact) mass is 339 g/mol. The van der Waals surface area contributed by atoms with Crippen molar-refractivity contribution in [1.82, 2.24) is 0 Å². The maximum Gasteiger partial charge on any atom is 0.350 e. The number of rotatable bonds is 3. The van der Waals surface area contributed by atoms with Gasteiger partial charge in [-0.25, -0.2) is 4.79 Å². The van der Waals surface area contributed by atoms with Crippen LogP contribution in [0.15, 0.2) is 28.7 Å². The fraction of sp³-hybridized carbons (Fsp3) is 0.214. The third kappa shape index (κ3) is 2.98. The number of esters is 1. The molecule has 1 aromatic heterocycles. The molecule has 0 saturated heterocycles. The molecule has 0 radical (unpaired) electrons. The molecule has 5 heteroatoms. The van der Waals surface area contributed by atoms with Gasteiger partial charge in [0.1, 0.15) is 4.88 Å². The molecule has 2 aromatic rings.